The molecule has 0 aliphatic heterocycles. The first-order valence-corrected chi connectivity index (χ1v) is 11.1. The maximum absolute atomic E-state index is 11.1. The summed E-state index contributed by atoms with van der Waals surface area (Å²) in [6.07, 6.45) is 7.68. The number of carboxylic acids is 1. The van der Waals surface area contributed by atoms with Gasteiger partial charge in [-0.25, -0.2) is 4.79 Å². The van der Waals surface area contributed by atoms with Gasteiger partial charge in [0, 0.05) is 22.8 Å². The van der Waals surface area contributed by atoms with Crippen LogP contribution in [0.2, 0.25) is 0 Å². The number of aromatic nitrogens is 1. The third-order valence-corrected chi connectivity index (χ3v) is 7.83. The normalized spacial score (nSPS) is 28.7. The summed E-state index contributed by atoms with van der Waals surface area (Å²) < 4.78 is 5.56. The van der Waals surface area contributed by atoms with Crippen molar-refractivity contribution in [2.75, 3.05) is 0 Å². The van der Waals surface area contributed by atoms with Crippen LogP contribution in [0.25, 0.3) is 22.6 Å². The van der Waals surface area contributed by atoms with Crippen molar-refractivity contribution in [1.82, 2.24) is 5.16 Å². The number of aromatic carboxylic acids is 1. The van der Waals surface area contributed by atoms with Crippen LogP contribution in [0.1, 0.15) is 54.4 Å². The molecular formula is C26H25NO4. The van der Waals surface area contributed by atoms with Crippen LogP contribution in [0.15, 0.2) is 53.1 Å². The van der Waals surface area contributed by atoms with Gasteiger partial charge in [0.05, 0.1) is 5.56 Å². The minimum atomic E-state index is -0.953. The van der Waals surface area contributed by atoms with E-state index in [0.29, 0.717) is 11.5 Å². The molecule has 0 radical (unpaired) electrons. The van der Waals surface area contributed by atoms with Gasteiger partial charge in [0.1, 0.15) is 11.4 Å². The van der Waals surface area contributed by atoms with Gasteiger partial charge in [-0.3, -0.25) is 0 Å². The Morgan fingerprint density at radius 3 is 2.13 bits per heavy atom. The van der Waals surface area contributed by atoms with Crippen LogP contribution in [0.4, 0.5) is 0 Å². The van der Waals surface area contributed by atoms with Gasteiger partial charge < -0.3 is 14.7 Å². The molecular weight excluding hydrogens is 390 g/mol. The molecule has 4 aliphatic carbocycles. The van der Waals surface area contributed by atoms with Gasteiger partial charge in [-0.1, -0.05) is 17.3 Å². The zero-order valence-electron chi connectivity index (χ0n) is 17.3. The molecule has 1 aromatic heterocycles. The highest BCUT2D eigenvalue weighted by Crippen LogP contribution is 2.62. The average Bonchev–Trinajstić information content (AvgIpc) is 3.23. The number of aromatic hydroxyl groups is 1. The van der Waals surface area contributed by atoms with E-state index in [1.807, 2.05) is 12.1 Å². The van der Waals surface area contributed by atoms with Gasteiger partial charge in [0.2, 0.25) is 0 Å². The van der Waals surface area contributed by atoms with Gasteiger partial charge in [0.15, 0.2) is 5.76 Å². The molecule has 2 N–H and O–H groups in total. The topological polar surface area (TPSA) is 83.6 Å². The molecule has 31 heavy (non-hydrogen) atoms. The van der Waals surface area contributed by atoms with E-state index in [2.05, 4.69) is 11.2 Å². The van der Waals surface area contributed by atoms with E-state index >= 15 is 0 Å². The van der Waals surface area contributed by atoms with E-state index < -0.39 is 5.97 Å². The second-order valence-corrected chi connectivity index (χ2v) is 9.89. The quantitative estimate of drug-likeness (QED) is 0.556. The van der Waals surface area contributed by atoms with Crippen molar-refractivity contribution in [3.8, 4) is 28.3 Å². The number of hydrogen-bond donors (Lipinski definition) is 2. The number of nitrogens with zero attached hydrogens (tertiary/aromatic N) is 1. The summed E-state index contributed by atoms with van der Waals surface area (Å²) in [4.78, 5) is 11.1. The standard InChI is InChI=1S/C26H25NO4/c28-23-6-5-20(10-21(23)26-12-15-7-16(13-26)9-17(8-15)14-26)22-11-24(31-27-22)18-1-3-19(4-2-18)25(29)30/h1-6,10-11,15-17,28H,7-9,12-14H2,(H,29,30). The first kappa shape index (κ1) is 18.7. The highest BCUT2D eigenvalue weighted by molar-refractivity contribution is 5.88. The highest BCUT2D eigenvalue weighted by Gasteiger charge is 2.52. The summed E-state index contributed by atoms with van der Waals surface area (Å²) in [6.45, 7) is 0. The lowest BCUT2D eigenvalue weighted by Crippen LogP contribution is -2.48. The third-order valence-electron chi connectivity index (χ3n) is 7.83. The minimum absolute atomic E-state index is 0.105. The molecule has 0 atom stereocenters. The van der Waals surface area contributed by atoms with Crippen molar-refractivity contribution in [2.45, 2.75) is 43.9 Å². The second kappa shape index (κ2) is 6.71. The molecule has 5 heteroatoms. The monoisotopic (exact) mass is 415 g/mol. The highest BCUT2D eigenvalue weighted by atomic mass is 16.5. The van der Waals surface area contributed by atoms with Gasteiger partial charge in [-0.2, -0.15) is 0 Å². The Balaban J connectivity index is 1.34. The summed E-state index contributed by atoms with van der Waals surface area (Å²) in [5, 5.41) is 24.1. The van der Waals surface area contributed by atoms with Crippen LogP contribution < -0.4 is 0 Å². The Labute approximate surface area is 180 Å². The SMILES string of the molecule is O=C(O)c1ccc(-c2cc(-c3ccc(O)c(C45CC6CC(CC(C6)C4)C5)c3)no2)cc1. The smallest absolute Gasteiger partial charge is 0.335 e. The molecule has 7 rings (SSSR count). The van der Waals surface area contributed by atoms with E-state index in [-0.39, 0.29) is 11.0 Å². The first-order valence-electron chi connectivity index (χ1n) is 11.1. The molecule has 1 heterocycles. The largest absolute Gasteiger partial charge is 0.508 e. The van der Waals surface area contributed by atoms with Gasteiger partial charge in [0.25, 0.3) is 0 Å². The molecule has 4 aliphatic rings. The molecule has 158 valence electrons. The Bertz CT molecular complexity index is 1130. The number of benzene rings is 2. The Kier molecular flexibility index (Phi) is 4.04. The minimum Gasteiger partial charge on any atom is -0.508 e. The maximum atomic E-state index is 11.1. The Hall–Kier alpha value is -3.08. The van der Waals surface area contributed by atoms with Crippen LogP contribution in [0.3, 0.4) is 0 Å². The van der Waals surface area contributed by atoms with E-state index in [0.717, 1.165) is 40.1 Å². The van der Waals surface area contributed by atoms with Crippen molar-refractivity contribution in [3.63, 3.8) is 0 Å². The van der Waals surface area contributed by atoms with Gasteiger partial charge in [-0.05, 0) is 92.0 Å². The molecule has 3 aromatic rings. The van der Waals surface area contributed by atoms with Crippen molar-refractivity contribution >= 4 is 5.97 Å². The summed E-state index contributed by atoms with van der Waals surface area (Å²) in [7, 11) is 0. The van der Waals surface area contributed by atoms with Crippen LogP contribution in [-0.4, -0.2) is 21.3 Å². The zero-order valence-corrected chi connectivity index (χ0v) is 17.3. The predicted molar refractivity (Wildman–Crippen MR) is 116 cm³/mol. The molecule has 0 amide bonds. The number of phenolic OH excluding ortho intramolecular Hbond substituents is 1. The van der Waals surface area contributed by atoms with E-state index in [1.54, 1.807) is 30.3 Å². The Morgan fingerprint density at radius 2 is 1.52 bits per heavy atom. The van der Waals surface area contributed by atoms with Crippen LogP contribution >= 0.6 is 0 Å². The fraction of sp³-hybridized carbons (Fsp3) is 0.385. The second-order valence-electron chi connectivity index (χ2n) is 9.89. The Morgan fingerprint density at radius 1 is 0.903 bits per heavy atom. The molecule has 4 saturated carbocycles. The third kappa shape index (κ3) is 3.06. The molecule has 0 unspecified atom stereocenters. The summed E-state index contributed by atoms with van der Waals surface area (Å²) in [5.41, 5.74) is 3.88. The molecule has 4 fully saturated rings. The van der Waals surface area contributed by atoms with E-state index in [4.69, 9.17) is 9.63 Å². The molecule has 4 bridgehead atoms. The molecule has 2 aromatic carbocycles. The fourth-order valence-electron chi connectivity index (χ4n) is 6.89. The number of hydrogen-bond acceptors (Lipinski definition) is 4. The molecule has 0 spiro atoms. The van der Waals surface area contributed by atoms with Crippen molar-refractivity contribution < 1.29 is 19.5 Å². The summed E-state index contributed by atoms with van der Waals surface area (Å²) in [6, 6.07) is 14.3. The molecule has 0 saturated heterocycles. The fourth-order valence-corrected chi connectivity index (χ4v) is 6.89. The average molecular weight is 415 g/mol. The molecule has 5 nitrogen and oxygen atoms in total. The van der Waals surface area contributed by atoms with E-state index in [9.17, 15) is 9.90 Å². The first-order chi connectivity index (χ1) is 15.0. The van der Waals surface area contributed by atoms with Crippen LogP contribution in [0, 0.1) is 17.8 Å². The number of carboxylic acid groups (broad SMARTS) is 1. The summed E-state index contributed by atoms with van der Waals surface area (Å²) >= 11 is 0. The number of phenols is 1. The maximum Gasteiger partial charge on any atom is 0.335 e. The van der Waals surface area contributed by atoms with E-state index in [1.165, 1.54) is 38.5 Å². The van der Waals surface area contributed by atoms with Crippen molar-refractivity contribution in [3.05, 3.63) is 59.7 Å². The predicted octanol–water partition coefficient (Wildman–Crippen LogP) is 5.88. The van der Waals surface area contributed by atoms with Crippen molar-refractivity contribution in [1.29, 1.82) is 0 Å². The van der Waals surface area contributed by atoms with Crippen molar-refractivity contribution in [2.24, 2.45) is 17.8 Å². The lowest BCUT2D eigenvalue weighted by atomic mass is 9.48. The summed E-state index contributed by atoms with van der Waals surface area (Å²) in [5.74, 6) is 2.46. The van der Waals surface area contributed by atoms with Gasteiger partial charge >= 0.3 is 5.97 Å². The number of rotatable bonds is 4. The zero-order chi connectivity index (χ0) is 21.2. The van der Waals surface area contributed by atoms with Gasteiger partial charge in [-0.15, -0.1) is 0 Å². The van der Waals surface area contributed by atoms with Crippen LogP contribution in [-0.2, 0) is 5.41 Å². The van der Waals surface area contributed by atoms with Crippen LogP contribution in [0.5, 0.6) is 5.75 Å². The lowest BCUT2D eigenvalue weighted by molar-refractivity contribution is -0.00611. The lowest BCUT2D eigenvalue weighted by Gasteiger charge is -2.57. The number of carbonyl (C=O) groups is 1.